The average molecular weight is 855 g/mol. The zero-order chi connectivity index (χ0) is 45.5. The second kappa shape index (κ2) is 15.2. The van der Waals surface area contributed by atoms with E-state index in [1.807, 2.05) is 48.5 Å². The highest BCUT2D eigenvalue weighted by atomic mass is 16.3. The van der Waals surface area contributed by atoms with E-state index in [4.69, 9.17) is 8.83 Å². The van der Waals surface area contributed by atoms with E-state index in [1.54, 1.807) is 0 Å². The molecule has 2 heterocycles. The van der Waals surface area contributed by atoms with Gasteiger partial charge in [-0.3, -0.25) is 0 Å². The summed E-state index contributed by atoms with van der Waals surface area (Å²) in [4.78, 5) is 4.47. The van der Waals surface area contributed by atoms with Gasteiger partial charge < -0.3 is 18.6 Å². The Morgan fingerprint density at radius 2 is 0.773 bits per heavy atom. The lowest BCUT2D eigenvalue weighted by Gasteiger charge is -2.27. The number of furan rings is 2. The smallest absolute Gasteiger partial charge is 0.147 e. The van der Waals surface area contributed by atoms with Gasteiger partial charge in [-0.05, 0) is 177 Å². The van der Waals surface area contributed by atoms with E-state index in [2.05, 4.69) is 185 Å². The summed E-state index contributed by atoms with van der Waals surface area (Å²) in [5, 5.41) is 27.4. The van der Waals surface area contributed by atoms with Gasteiger partial charge >= 0.3 is 0 Å². The van der Waals surface area contributed by atoms with E-state index in [9.17, 15) is 10.5 Å². The summed E-state index contributed by atoms with van der Waals surface area (Å²) in [5.74, 6) is 0. The predicted octanol–water partition coefficient (Wildman–Crippen LogP) is 17.1. The molecule has 0 saturated carbocycles. The maximum Gasteiger partial charge on any atom is 0.147 e. The van der Waals surface area contributed by atoms with Crippen LogP contribution in [0.3, 0.4) is 0 Å². The van der Waals surface area contributed by atoms with Crippen LogP contribution in [0.2, 0.25) is 0 Å². The molecule has 0 bridgehead atoms. The van der Waals surface area contributed by atoms with Crippen molar-refractivity contribution in [1.29, 1.82) is 10.5 Å². The minimum atomic E-state index is 0.0301. The molecule has 6 nitrogen and oxygen atoms in total. The number of nitriles is 2. The molecule has 11 rings (SSSR count). The summed E-state index contributed by atoms with van der Waals surface area (Å²) in [5.41, 5.74) is 13.0. The van der Waals surface area contributed by atoms with Crippen LogP contribution in [-0.4, -0.2) is 0 Å². The third-order valence-electron chi connectivity index (χ3n) is 13.0. The van der Waals surface area contributed by atoms with Gasteiger partial charge in [0.05, 0.1) is 28.7 Å². The number of fused-ring (bicyclic) bond motifs is 9. The first-order valence-corrected chi connectivity index (χ1v) is 22.3. The molecule has 0 aliphatic carbocycles. The van der Waals surface area contributed by atoms with E-state index in [0.29, 0.717) is 11.1 Å². The van der Waals surface area contributed by atoms with Gasteiger partial charge in [-0.1, -0.05) is 77.9 Å². The van der Waals surface area contributed by atoms with Gasteiger partial charge in [-0.15, -0.1) is 0 Å². The van der Waals surface area contributed by atoms with E-state index >= 15 is 0 Å². The molecular formula is C60H46N4O2. The fourth-order valence-corrected chi connectivity index (χ4v) is 9.32. The number of benzene rings is 9. The van der Waals surface area contributed by atoms with Crippen LogP contribution in [-0.2, 0) is 10.8 Å². The first-order valence-electron chi connectivity index (χ1n) is 22.3. The highest BCUT2D eigenvalue weighted by Gasteiger charge is 2.22. The van der Waals surface area contributed by atoms with Crippen LogP contribution >= 0.6 is 0 Å². The molecule has 318 valence electrons. The molecule has 0 radical (unpaired) electrons. The molecule has 66 heavy (non-hydrogen) atoms. The SMILES string of the molecule is CC(C)(C)c1ccc(N(c2ccc(C#N)cc2)c2ccc3cc4c(cc3c2)oc2c4ccc3oc4cc5cc(N(c6ccc(C#N)cc6)c6ccc(C(C)(C)C)cc6)ccc5cc4c32)cc1. The van der Waals surface area contributed by atoms with E-state index in [1.165, 1.54) is 11.1 Å². The number of hydrogen-bond donors (Lipinski definition) is 0. The fraction of sp³-hybridized carbons (Fsp3) is 0.133. The van der Waals surface area contributed by atoms with Gasteiger partial charge in [0.1, 0.15) is 22.3 Å². The van der Waals surface area contributed by atoms with Gasteiger partial charge in [-0.2, -0.15) is 10.5 Å². The molecule has 2 aromatic heterocycles. The molecule has 0 saturated heterocycles. The molecule has 6 heteroatoms. The van der Waals surface area contributed by atoms with E-state index < -0.39 is 0 Å². The van der Waals surface area contributed by atoms with Crippen molar-refractivity contribution in [1.82, 2.24) is 0 Å². The Morgan fingerprint density at radius 1 is 0.364 bits per heavy atom. The predicted molar refractivity (Wildman–Crippen MR) is 272 cm³/mol. The van der Waals surface area contributed by atoms with Crippen molar-refractivity contribution in [2.75, 3.05) is 9.80 Å². The minimum absolute atomic E-state index is 0.0301. The van der Waals surface area contributed by atoms with Crippen LogP contribution in [0, 0.1) is 22.7 Å². The monoisotopic (exact) mass is 854 g/mol. The number of anilines is 6. The third-order valence-corrected chi connectivity index (χ3v) is 13.0. The first-order chi connectivity index (χ1) is 31.8. The van der Waals surface area contributed by atoms with E-state index in [-0.39, 0.29) is 10.8 Å². The van der Waals surface area contributed by atoms with Gasteiger partial charge in [0.25, 0.3) is 0 Å². The highest BCUT2D eigenvalue weighted by molar-refractivity contribution is 6.24. The zero-order valence-electron chi connectivity index (χ0n) is 37.8. The second-order valence-electron chi connectivity index (χ2n) is 19.4. The average Bonchev–Trinajstić information content (AvgIpc) is 3.87. The molecule has 0 fully saturated rings. The summed E-state index contributed by atoms with van der Waals surface area (Å²) in [6, 6.07) is 63.5. The second-order valence-corrected chi connectivity index (χ2v) is 19.4. The number of rotatable bonds is 6. The number of nitrogens with zero attached hydrogens (tertiary/aromatic N) is 4. The fourth-order valence-electron chi connectivity index (χ4n) is 9.32. The molecule has 0 unspecified atom stereocenters. The topological polar surface area (TPSA) is 80.3 Å². The standard InChI is InChI=1S/C60H46N4O2/c1-59(2,3)43-13-23-47(24-14-43)63(45-17-7-37(35-61)8-18-45)49-21-11-39-31-52-51-27-28-54-57(58(51)66-55(52)33-41(39)29-49)53-32-40-12-22-50(30-42(40)34-56(53)65-54)64(46-19-9-38(36-62)10-20-46)48-25-15-44(16-26-48)60(4,5)6/h7-34H,1-6H3. The Bertz CT molecular complexity index is 3780. The van der Waals surface area contributed by atoms with Crippen LogP contribution in [0.4, 0.5) is 34.1 Å². The summed E-state index contributed by atoms with van der Waals surface area (Å²) in [6.07, 6.45) is 0. The van der Waals surface area contributed by atoms with Crippen LogP contribution in [0.1, 0.15) is 63.8 Å². The Hall–Kier alpha value is -8.32. The van der Waals surface area contributed by atoms with Crippen molar-refractivity contribution in [2.45, 2.75) is 52.4 Å². The molecule has 9 aromatic carbocycles. The van der Waals surface area contributed by atoms with Crippen LogP contribution in [0.25, 0.3) is 65.4 Å². The maximum atomic E-state index is 9.55. The molecule has 0 N–H and O–H groups in total. The molecule has 0 atom stereocenters. The van der Waals surface area contributed by atoms with Gasteiger partial charge in [0, 0.05) is 50.3 Å². The van der Waals surface area contributed by atoms with E-state index in [0.717, 1.165) is 99.5 Å². The Balaban J connectivity index is 1.01. The van der Waals surface area contributed by atoms with Gasteiger partial charge in [0.2, 0.25) is 0 Å². The molecule has 0 spiro atoms. The number of hydrogen-bond acceptors (Lipinski definition) is 6. The molecule has 0 aliphatic rings. The first kappa shape index (κ1) is 40.5. The Morgan fingerprint density at radius 3 is 1.21 bits per heavy atom. The van der Waals surface area contributed by atoms with Crippen molar-refractivity contribution in [3.05, 3.63) is 192 Å². The van der Waals surface area contributed by atoms with Crippen molar-refractivity contribution >= 4 is 99.5 Å². The van der Waals surface area contributed by atoms with Gasteiger partial charge in [0.15, 0.2) is 0 Å². The quantitative estimate of drug-likeness (QED) is 0.166. The van der Waals surface area contributed by atoms with Crippen LogP contribution in [0.5, 0.6) is 0 Å². The molecule has 0 aliphatic heterocycles. The van der Waals surface area contributed by atoms with Crippen LogP contribution in [0.15, 0.2) is 179 Å². The minimum Gasteiger partial charge on any atom is -0.456 e. The Labute approximate surface area is 383 Å². The largest absolute Gasteiger partial charge is 0.456 e. The lowest BCUT2D eigenvalue weighted by molar-refractivity contribution is 0.590. The molecular weight excluding hydrogens is 809 g/mol. The lowest BCUT2D eigenvalue weighted by Crippen LogP contribution is -2.13. The Kier molecular flexibility index (Phi) is 9.29. The highest BCUT2D eigenvalue weighted by Crippen LogP contribution is 2.44. The van der Waals surface area contributed by atoms with Crippen molar-refractivity contribution in [3.63, 3.8) is 0 Å². The lowest BCUT2D eigenvalue weighted by atomic mass is 9.87. The van der Waals surface area contributed by atoms with Crippen molar-refractivity contribution < 1.29 is 8.83 Å². The summed E-state index contributed by atoms with van der Waals surface area (Å²) >= 11 is 0. The summed E-state index contributed by atoms with van der Waals surface area (Å²) in [7, 11) is 0. The normalized spacial score (nSPS) is 12.1. The van der Waals surface area contributed by atoms with Crippen molar-refractivity contribution in [2.24, 2.45) is 0 Å². The maximum absolute atomic E-state index is 9.55. The summed E-state index contributed by atoms with van der Waals surface area (Å²) < 4.78 is 13.5. The molecule has 0 amide bonds. The zero-order valence-corrected chi connectivity index (χ0v) is 37.8. The third kappa shape index (κ3) is 6.96. The van der Waals surface area contributed by atoms with Crippen molar-refractivity contribution in [3.8, 4) is 12.1 Å². The summed E-state index contributed by atoms with van der Waals surface area (Å²) in [6.45, 7) is 13.3. The van der Waals surface area contributed by atoms with Crippen LogP contribution < -0.4 is 9.80 Å². The molecule has 11 aromatic rings. The van der Waals surface area contributed by atoms with Gasteiger partial charge in [-0.25, -0.2) is 0 Å².